The first kappa shape index (κ1) is 12.2. The van der Waals surface area contributed by atoms with E-state index in [1.54, 1.807) is 12.4 Å². The summed E-state index contributed by atoms with van der Waals surface area (Å²) in [5.74, 6) is 5.45. The van der Waals surface area contributed by atoms with Crippen LogP contribution < -0.4 is 0 Å². The van der Waals surface area contributed by atoms with Gasteiger partial charge in [0.1, 0.15) is 4.88 Å². The Bertz CT molecular complexity index is 392. The first-order valence-electron chi connectivity index (χ1n) is 4.45. The molecule has 80 valence electrons. The second-order valence-electron chi connectivity index (χ2n) is 2.49. The Labute approximate surface area is 101 Å². The van der Waals surface area contributed by atoms with E-state index >= 15 is 0 Å². The zero-order valence-corrected chi connectivity index (χ0v) is 10.7. The summed E-state index contributed by atoms with van der Waals surface area (Å²) in [6.45, 7) is 2.12. The second-order valence-corrected chi connectivity index (χ2v) is 4.14. The monoisotopic (exact) mass is 287 g/mol. The topological polar surface area (TPSA) is 39.2 Å². The number of hydrogen-bond acceptors (Lipinski definition) is 4. The van der Waals surface area contributed by atoms with Crippen molar-refractivity contribution in [3.8, 4) is 11.8 Å². The number of esters is 1. The van der Waals surface area contributed by atoms with Crippen LogP contribution in [0, 0.1) is 11.8 Å². The molecule has 0 unspecified atom stereocenters. The summed E-state index contributed by atoms with van der Waals surface area (Å²) in [6.07, 6.45) is 0.750. The van der Waals surface area contributed by atoms with Gasteiger partial charge in [-0.3, -0.25) is 0 Å². The maximum atomic E-state index is 11.4. The molecule has 0 aliphatic rings. The molecule has 0 saturated carbocycles. The lowest BCUT2D eigenvalue weighted by molar-refractivity contribution is 0.0520. The van der Waals surface area contributed by atoms with Crippen molar-refractivity contribution in [3.05, 3.63) is 16.1 Å². The first-order chi connectivity index (χ1) is 7.29. The van der Waals surface area contributed by atoms with Crippen molar-refractivity contribution < 1.29 is 9.53 Å². The maximum absolute atomic E-state index is 11.4. The molecular weight excluding hydrogens is 278 g/mol. The molecule has 0 amide bonds. The molecule has 1 heterocycles. The summed E-state index contributed by atoms with van der Waals surface area (Å²) < 4.78 is 4.86. The molecule has 0 atom stereocenters. The van der Waals surface area contributed by atoms with Crippen molar-refractivity contribution in [1.29, 1.82) is 0 Å². The summed E-state index contributed by atoms with van der Waals surface area (Å²) in [4.78, 5) is 16.0. The van der Waals surface area contributed by atoms with Gasteiger partial charge in [-0.05, 0) is 6.92 Å². The van der Waals surface area contributed by atoms with E-state index in [9.17, 15) is 4.79 Å². The number of carbonyl (C=O) groups is 1. The number of nitrogens with zero attached hydrogens (tertiary/aromatic N) is 1. The van der Waals surface area contributed by atoms with E-state index in [0.717, 1.165) is 11.8 Å². The van der Waals surface area contributed by atoms with Crippen LogP contribution in [0.25, 0.3) is 0 Å². The van der Waals surface area contributed by atoms with Crippen molar-refractivity contribution in [2.75, 3.05) is 11.9 Å². The minimum Gasteiger partial charge on any atom is -0.461 e. The minimum absolute atomic E-state index is 0.323. The molecule has 0 aliphatic heterocycles. The van der Waals surface area contributed by atoms with Crippen LogP contribution in [0.15, 0.2) is 5.51 Å². The lowest BCUT2D eigenvalue weighted by Gasteiger charge is -1.97. The van der Waals surface area contributed by atoms with Gasteiger partial charge in [-0.25, -0.2) is 9.78 Å². The van der Waals surface area contributed by atoms with Crippen molar-refractivity contribution in [3.63, 3.8) is 0 Å². The van der Waals surface area contributed by atoms with Crippen LogP contribution in [-0.4, -0.2) is 22.9 Å². The third-order valence-corrected chi connectivity index (χ3v) is 2.60. The fourth-order valence-corrected chi connectivity index (χ4v) is 1.71. The van der Waals surface area contributed by atoms with Crippen molar-refractivity contribution in [1.82, 2.24) is 4.98 Å². The molecular formula is C10H10BrNO2S. The van der Waals surface area contributed by atoms with Gasteiger partial charge in [-0.15, -0.1) is 11.3 Å². The highest BCUT2D eigenvalue weighted by Gasteiger charge is 2.13. The largest absolute Gasteiger partial charge is 0.461 e. The molecule has 1 aromatic heterocycles. The third kappa shape index (κ3) is 3.65. The van der Waals surface area contributed by atoms with Gasteiger partial charge < -0.3 is 4.74 Å². The molecule has 3 nitrogen and oxygen atoms in total. The Morgan fingerprint density at radius 3 is 3.20 bits per heavy atom. The number of hydrogen-bond donors (Lipinski definition) is 0. The summed E-state index contributed by atoms with van der Waals surface area (Å²) in [7, 11) is 0. The molecule has 0 saturated heterocycles. The number of rotatable bonds is 3. The van der Waals surface area contributed by atoms with Crippen LogP contribution >= 0.6 is 27.3 Å². The van der Waals surface area contributed by atoms with Gasteiger partial charge >= 0.3 is 5.97 Å². The summed E-state index contributed by atoms with van der Waals surface area (Å²) in [5.41, 5.74) is 1.92. The molecule has 0 radical (unpaired) electrons. The lowest BCUT2D eigenvalue weighted by Crippen LogP contribution is -2.06. The standard InChI is InChI=1S/C10H10BrNO2S/c1-2-14-10(13)9-8(15-7-12-9)5-3-4-6-11/h7H,2,4,6H2,1H3. The molecule has 0 fully saturated rings. The van der Waals surface area contributed by atoms with Crippen molar-refractivity contribution in [2.24, 2.45) is 0 Å². The second kappa shape index (κ2) is 6.59. The molecule has 15 heavy (non-hydrogen) atoms. The number of alkyl halides is 1. The highest BCUT2D eigenvalue weighted by atomic mass is 79.9. The summed E-state index contributed by atoms with van der Waals surface area (Å²) >= 11 is 4.63. The zero-order valence-electron chi connectivity index (χ0n) is 8.25. The van der Waals surface area contributed by atoms with Crippen LogP contribution in [0.1, 0.15) is 28.7 Å². The Hall–Kier alpha value is -0.860. The van der Waals surface area contributed by atoms with E-state index < -0.39 is 5.97 Å². The molecule has 0 bridgehead atoms. The van der Waals surface area contributed by atoms with Crippen LogP contribution in [0.3, 0.4) is 0 Å². The van der Waals surface area contributed by atoms with Gasteiger partial charge in [-0.1, -0.05) is 27.8 Å². The van der Waals surface area contributed by atoms with Gasteiger partial charge in [0, 0.05) is 11.8 Å². The Morgan fingerprint density at radius 2 is 2.53 bits per heavy atom. The quantitative estimate of drug-likeness (QED) is 0.487. The van der Waals surface area contributed by atoms with E-state index in [0.29, 0.717) is 17.2 Å². The number of ether oxygens (including phenoxy) is 1. The van der Waals surface area contributed by atoms with E-state index in [1.807, 2.05) is 0 Å². The minimum atomic E-state index is -0.401. The SMILES string of the molecule is CCOC(=O)c1ncsc1C#CCCBr. The average molecular weight is 288 g/mol. The van der Waals surface area contributed by atoms with Gasteiger partial charge in [-0.2, -0.15) is 0 Å². The summed E-state index contributed by atoms with van der Waals surface area (Å²) in [6, 6.07) is 0. The zero-order chi connectivity index (χ0) is 11.1. The molecule has 1 aromatic rings. The van der Waals surface area contributed by atoms with E-state index in [4.69, 9.17) is 4.74 Å². The van der Waals surface area contributed by atoms with E-state index in [2.05, 4.69) is 32.8 Å². The normalized spacial score (nSPS) is 9.20. The number of halogens is 1. The van der Waals surface area contributed by atoms with Gasteiger partial charge in [0.25, 0.3) is 0 Å². The van der Waals surface area contributed by atoms with Gasteiger partial charge in [0.2, 0.25) is 0 Å². The van der Waals surface area contributed by atoms with Crippen LogP contribution in [-0.2, 0) is 4.74 Å². The number of carbonyl (C=O) groups excluding carboxylic acids is 1. The molecule has 5 heteroatoms. The number of thiazole rings is 1. The Kier molecular flexibility index (Phi) is 5.37. The van der Waals surface area contributed by atoms with Gasteiger partial charge in [0.05, 0.1) is 12.1 Å². The average Bonchev–Trinajstić information content (AvgIpc) is 2.67. The fourth-order valence-electron chi connectivity index (χ4n) is 0.870. The smallest absolute Gasteiger partial charge is 0.359 e. The van der Waals surface area contributed by atoms with E-state index in [1.165, 1.54) is 11.3 Å². The molecule has 0 aliphatic carbocycles. The predicted molar refractivity (Wildman–Crippen MR) is 63.4 cm³/mol. The fraction of sp³-hybridized carbons (Fsp3) is 0.400. The van der Waals surface area contributed by atoms with E-state index in [-0.39, 0.29) is 0 Å². The number of aromatic nitrogens is 1. The van der Waals surface area contributed by atoms with Crippen molar-refractivity contribution in [2.45, 2.75) is 13.3 Å². The maximum Gasteiger partial charge on any atom is 0.359 e. The third-order valence-electron chi connectivity index (χ3n) is 1.46. The highest BCUT2D eigenvalue weighted by molar-refractivity contribution is 9.09. The molecule has 1 rings (SSSR count). The summed E-state index contributed by atoms with van der Waals surface area (Å²) in [5, 5.41) is 0.827. The Balaban J connectivity index is 2.78. The molecule has 0 spiro atoms. The predicted octanol–water partition coefficient (Wildman–Crippen LogP) is 2.46. The molecule has 0 aromatic carbocycles. The van der Waals surface area contributed by atoms with Crippen molar-refractivity contribution >= 4 is 33.2 Å². The highest BCUT2D eigenvalue weighted by Crippen LogP contribution is 2.12. The van der Waals surface area contributed by atoms with Crippen LogP contribution in [0.5, 0.6) is 0 Å². The molecule has 0 N–H and O–H groups in total. The van der Waals surface area contributed by atoms with Crippen LogP contribution in [0.2, 0.25) is 0 Å². The first-order valence-corrected chi connectivity index (χ1v) is 6.45. The van der Waals surface area contributed by atoms with Crippen LogP contribution in [0.4, 0.5) is 0 Å². The Morgan fingerprint density at radius 1 is 1.73 bits per heavy atom. The van der Waals surface area contributed by atoms with Gasteiger partial charge in [0.15, 0.2) is 5.69 Å². The lowest BCUT2D eigenvalue weighted by atomic mass is 10.3.